The molecule has 0 aromatic rings. The van der Waals surface area contributed by atoms with Gasteiger partial charge in [-0.1, -0.05) is 0 Å². The third-order valence-electron chi connectivity index (χ3n) is 1.52. The molecule has 1 radical (unpaired) electrons. The van der Waals surface area contributed by atoms with E-state index in [0.29, 0.717) is 6.54 Å². The first-order valence-corrected chi connectivity index (χ1v) is 5.13. The van der Waals surface area contributed by atoms with Crippen LogP contribution in [0, 0.1) is 0 Å². The van der Waals surface area contributed by atoms with E-state index in [1.165, 1.54) is 0 Å². The second-order valence-electron chi connectivity index (χ2n) is 3.29. The maximum atomic E-state index is 11.0. The molecule has 1 saturated heterocycles. The molecule has 0 aliphatic carbocycles. The minimum absolute atomic E-state index is 0.208. The summed E-state index contributed by atoms with van der Waals surface area (Å²) in [6.45, 7) is 4.17. The van der Waals surface area contributed by atoms with Crippen LogP contribution in [0.1, 0.15) is 13.8 Å². The van der Waals surface area contributed by atoms with Crippen LogP contribution in [0.5, 0.6) is 0 Å². The lowest BCUT2D eigenvalue weighted by Gasteiger charge is -2.28. The monoisotopic (exact) mass is 162 g/mol. The molecule has 1 fully saturated rings. The van der Waals surface area contributed by atoms with Gasteiger partial charge in [0.1, 0.15) is 0 Å². The highest BCUT2D eigenvalue weighted by Crippen LogP contribution is 2.12. The van der Waals surface area contributed by atoms with E-state index < -0.39 is 9.84 Å². The van der Waals surface area contributed by atoms with Crippen molar-refractivity contribution < 1.29 is 8.42 Å². The fraction of sp³-hybridized carbons (Fsp3) is 1.00. The van der Waals surface area contributed by atoms with Crippen LogP contribution in [0.2, 0.25) is 0 Å². The molecule has 4 heteroatoms. The molecule has 10 heavy (non-hydrogen) atoms. The molecule has 3 nitrogen and oxygen atoms in total. The molecular formula is C6H12NO2S. The predicted molar refractivity (Wildman–Crippen MR) is 39.7 cm³/mol. The molecule has 1 rings (SSSR count). The first-order valence-electron chi connectivity index (χ1n) is 3.30. The minimum atomic E-state index is -2.78. The topological polar surface area (TPSA) is 48.2 Å². The van der Waals surface area contributed by atoms with Gasteiger partial charge in [-0.05, 0) is 13.8 Å². The van der Waals surface area contributed by atoms with E-state index in [4.69, 9.17) is 0 Å². The summed E-state index contributed by atoms with van der Waals surface area (Å²) in [6.07, 6.45) is 0. The van der Waals surface area contributed by atoms with E-state index in [0.717, 1.165) is 0 Å². The van der Waals surface area contributed by atoms with Crippen molar-refractivity contribution in [2.24, 2.45) is 0 Å². The Hall–Kier alpha value is -0.0900. The maximum absolute atomic E-state index is 11.0. The highest BCUT2D eigenvalue weighted by atomic mass is 32.2. The van der Waals surface area contributed by atoms with Crippen molar-refractivity contribution in [3.05, 3.63) is 0 Å². The van der Waals surface area contributed by atoms with E-state index in [1.807, 2.05) is 13.8 Å². The highest BCUT2D eigenvalue weighted by molar-refractivity contribution is 7.91. The van der Waals surface area contributed by atoms with Gasteiger partial charge in [0.15, 0.2) is 9.84 Å². The average molecular weight is 162 g/mol. The van der Waals surface area contributed by atoms with Crippen molar-refractivity contribution >= 4 is 9.84 Å². The lowest BCUT2D eigenvalue weighted by Crippen LogP contribution is -2.47. The standard InChI is InChI=1S/C6H12NO2S/c1-6(2)5-10(8,9)4-3-7-6/h3-5H2,1-2H3. The lowest BCUT2D eigenvalue weighted by atomic mass is 10.1. The molecule has 0 bridgehead atoms. The number of hydrogen-bond donors (Lipinski definition) is 0. The summed E-state index contributed by atoms with van der Waals surface area (Å²) < 4.78 is 22.0. The summed E-state index contributed by atoms with van der Waals surface area (Å²) in [5.74, 6) is 0.441. The molecule has 1 aliphatic rings. The van der Waals surface area contributed by atoms with Crippen LogP contribution in [0.15, 0.2) is 0 Å². The van der Waals surface area contributed by atoms with Crippen LogP contribution in [0.3, 0.4) is 0 Å². The molecule has 1 aliphatic heterocycles. The Morgan fingerprint density at radius 2 is 2.00 bits per heavy atom. The van der Waals surface area contributed by atoms with E-state index >= 15 is 0 Å². The Balaban J connectivity index is 2.75. The first kappa shape index (κ1) is 8.01. The van der Waals surface area contributed by atoms with E-state index in [1.54, 1.807) is 0 Å². The van der Waals surface area contributed by atoms with E-state index in [-0.39, 0.29) is 17.0 Å². The third-order valence-corrected chi connectivity index (χ3v) is 3.47. The molecule has 0 unspecified atom stereocenters. The van der Waals surface area contributed by atoms with Gasteiger partial charge in [0.2, 0.25) is 0 Å². The third kappa shape index (κ3) is 1.95. The zero-order valence-electron chi connectivity index (χ0n) is 6.29. The molecule has 0 spiro atoms. The highest BCUT2D eigenvalue weighted by Gasteiger charge is 2.31. The van der Waals surface area contributed by atoms with Gasteiger partial charge in [0, 0.05) is 12.1 Å². The van der Waals surface area contributed by atoms with Crippen molar-refractivity contribution in [3.63, 3.8) is 0 Å². The molecule has 0 N–H and O–H groups in total. The van der Waals surface area contributed by atoms with Crippen LogP contribution in [-0.2, 0) is 9.84 Å². The Kier molecular flexibility index (Phi) is 1.76. The summed E-state index contributed by atoms with van der Waals surface area (Å²) in [5, 5.41) is 4.18. The molecular weight excluding hydrogens is 150 g/mol. The number of hydrogen-bond acceptors (Lipinski definition) is 2. The van der Waals surface area contributed by atoms with Crippen LogP contribution in [0.4, 0.5) is 0 Å². The summed E-state index contributed by atoms with van der Waals surface area (Å²) in [6, 6.07) is 0. The zero-order chi connectivity index (χ0) is 7.83. The smallest absolute Gasteiger partial charge is 0.153 e. The van der Waals surface area contributed by atoms with Gasteiger partial charge >= 0.3 is 0 Å². The van der Waals surface area contributed by atoms with E-state index in [9.17, 15) is 8.42 Å². The zero-order valence-corrected chi connectivity index (χ0v) is 7.11. The van der Waals surface area contributed by atoms with Crippen molar-refractivity contribution in [2.45, 2.75) is 19.4 Å². The molecule has 0 saturated carbocycles. The Morgan fingerprint density at radius 3 is 2.30 bits per heavy atom. The van der Waals surface area contributed by atoms with Gasteiger partial charge in [-0.2, -0.15) is 0 Å². The largest absolute Gasteiger partial charge is 0.234 e. The van der Waals surface area contributed by atoms with Gasteiger partial charge in [-0.25, -0.2) is 13.7 Å². The van der Waals surface area contributed by atoms with Crippen molar-refractivity contribution in [2.75, 3.05) is 18.1 Å². The van der Waals surface area contributed by atoms with Gasteiger partial charge < -0.3 is 0 Å². The Morgan fingerprint density at radius 1 is 1.40 bits per heavy atom. The summed E-state index contributed by atoms with van der Waals surface area (Å²) in [5.41, 5.74) is -0.350. The maximum Gasteiger partial charge on any atom is 0.153 e. The average Bonchev–Trinajstić information content (AvgIpc) is 1.56. The molecule has 0 aromatic heterocycles. The first-order chi connectivity index (χ1) is 4.41. The summed E-state index contributed by atoms with van der Waals surface area (Å²) in [4.78, 5) is 0. The SMILES string of the molecule is CC1(C)CS(=O)(=O)CC[N]1. The van der Waals surface area contributed by atoms with Crippen LogP contribution < -0.4 is 5.32 Å². The summed E-state index contributed by atoms with van der Waals surface area (Å²) >= 11 is 0. The fourth-order valence-electron chi connectivity index (χ4n) is 1.14. The Labute approximate surface area is 61.7 Å². The van der Waals surface area contributed by atoms with Crippen molar-refractivity contribution in [3.8, 4) is 0 Å². The second kappa shape index (κ2) is 2.20. The molecule has 0 aromatic carbocycles. The minimum Gasteiger partial charge on any atom is -0.234 e. The lowest BCUT2D eigenvalue weighted by molar-refractivity contribution is 0.409. The molecule has 1 heterocycles. The molecule has 59 valence electrons. The van der Waals surface area contributed by atoms with Gasteiger partial charge in [-0.3, -0.25) is 0 Å². The second-order valence-corrected chi connectivity index (χ2v) is 5.47. The van der Waals surface area contributed by atoms with Crippen molar-refractivity contribution in [1.29, 1.82) is 0 Å². The van der Waals surface area contributed by atoms with Crippen LogP contribution >= 0.6 is 0 Å². The number of rotatable bonds is 0. The number of sulfone groups is 1. The predicted octanol–water partition coefficient (Wildman–Crippen LogP) is -0.202. The summed E-state index contributed by atoms with van der Waals surface area (Å²) in [7, 11) is -2.78. The normalized spacial score (nSPS) is 29.8. The van der Waals surface area contributed by atoms with Crippen LogP contribution in [-0.4, -0.2) is 32.0 Å². The van der Waals surface area contributed by atoms with Gasteiger partial charge in [0.25, 0.3) is 0 Å². The molecule has 0 amide bonds. The van der Waals surface area contributed by atoms with Gasteiger partial charge in [0.05, 0.1) is 11.5 Å². The van der Waals surface area contributed by atoms with E-state index in [2.05, 4.69) is 5.32 Å². The molecule has 0 atom stereocenters. The van der Waals surface area contributed by atoms with Gasteiger partial charge in [-0.15, -0.1) is 0 Å². The van der Waals surface area contributed by atoms with Crippen LogP contribution in [0.25, 0.3) is 0 Å². The fourth-order valence-corrected chi connectivity index (χ4v) is 2.82. The van der Waals surface area contributed by atoms with Crippen molar-refractivity contribution in [1.82, 2.24) is 5.32 Å². The Bertz CT molecular complexity index is 218. The quantitative estimate of drug-likeness (QED) is 0.495. The number of nitrogens with zero attached hydrogens (tertiary/aromatic N) is 1.